The molecule has 3 aromatic rings. The van der Waals surface area contributed by atoms with E-state index in [1.807, 2.05) is 30.3 Å². The third-order valence-corrected chi connectivity index (χ3v) is 6.37. The Balaban J connectivity index is 1.40. The van der Waals surface area contributed by atoms with Crippen LogP contribution in [0.5, 0.6) is 0 Å². The molecule has 6 heteroatoms. The average molecular weight is 482 g/mol. The Labute approximate surface area is 209 Å². The van der Waals surface area contributed by atoms with Crippen LogP contribution in [0.4, 0.5) is 0 Å². The molecule has 3 aromatic carbocycles. The van der Waals surface area contributed by atoms with Crippen LogP contribution in [0.1, 0.15) is 75.2 Å². The van der Waals surface area contributed by atoms with Gasteiger partial charge in [0.05, 0.1) is 5.56 Å². The van der Waals surface area contributed by atoms with E-state index in [1.54, 1.807) is 61.5 Å². The van der Waals surface area contributed by atoms with E-state index in [1.165, 1.54) is 0 Å². The minimum Gasteiger partial charge on any atom is -0.335 e. The molecule has 182 valence electrons. The van der Waals surface area contributed by atoms with Crippen LogP contribution >= 0.6 is 0 Å². The number of Topliss-reactive ketones (excluding diaryl/α,β-unsaturated/α-hetero) is 2. The number of carbonyl (C=O) groups excluding carboxylic acids is 4. The van der Waals surface area contributed by atoms with Gasteiger partial charge in [0.2, 0.25) is 0 Å². The number of ketones is 2. The van der Waals surface area contributed by atoms with Crippen molar-refractivity contribution in [3.8, 4) is 0 Å². The number of amides is 1. The highest BCUT2D eigenvalue weighted by molar-refractivity contribution is 6.27. The van der Waals surface area contributed by atoms with Crippen molar-refractivity contribution in [2.75, 3.05) is 0 Å². The van der Waals surface area contributed by atoms with Gasteiger partial charge in [-0.15, -0.1) is 0 Å². The van der Waals surface area contributed by atoms with E-state index in [-0.39, 0.29) is 23.9 Å². The first-order valence-corrected chi connectivity index (χ1v) is 12.0. The third kappa shape index (κ3) is 5.49. The quantitative estimate of drug-likeness (QED) is 0.333. The summed E-state index contributed by atoms with van der Waals surface area (Å²) in [5.74, 6) is -1.54. The minimum atomic E-state index is -0.628. The molecule has 1 N–H and O–H groups in total. The SMILES string of the molecule is CC1=C(C(CCCCC(=O)NOC(=O)c2ccccc2)c2ccccc2)C(=O)c2ccccc2C1=O. The largest absolute Gasteiger partial charge is 0.362 e. The van der Waals surface area contributed by atoms with Gasteiger partial charge in [-0.25, -0.2) is 4.79 Å². The van der Waals surface area contributed by atoms with Crippen molar-refractivity contribution in [2.45, 2.75) is 38.5 Å². The average Bonchev–Trinajstić information content (AvgIpc) is 2.92. The van der Waals surface area contributed by atoms with Gasteiger partial charge in [-0.1, -0.05) is 79.2 Å². The summed E-state index contributed by atoms with van der Waals surface area (Å²) in [6.45, 7) is 1.72. The molecule has 0 aromatic heterocycles. The first-order chi connectivity index (χ1) is 17.5. The summed E-state index contributed by atoms with van der Waals surface area (Å²) in [6.07, 6.45) is 1.93. The minimum absolute atomic E-state index is 0.123. The van der Waals surface area contributed by atoms with Crippen molar-refractivity contribution in [3.05, 3.63) is 118 Å². The van der Waals surface area contributed by atoms with Crippen LogP contribution in [0, 0.1) is 0 Å². The summed E-state index contributed by atoms with van der Waals surface area (Å²) < 4.78 is 0. The highest BCUT2D eigenvalue weighted by Gasteiger charge is 2.34. The maximum Gasteiger partial charge on any atom is 0.362 e. The van der Waals surface area contributed by atoms with E-state index in [2.05, 4.69) is 5.48 Å². The van der Waals surface area contributed by atoms with Crippen LogP contribution in [0.2, 0.25) is 0 Å². The first-order valence-electron chi connectivity index (χ1n) is 12.0. The molecule has 1 amide bonds. The number of nitrogens with one attached hydrogen (secondary N) is 1. The van der Waals surface area contributed by atoms with Gasteiger partial charge in [-0.2, -0.15) is 5.48 Å². The Bertz CT molecular complexity index is 1310. The molecule has 6 nitrogen and oxygen atoms in total. The van der Waals surface area contributed by atoms with Crippen molar-refractivity contribution in [1.82, 2.24) is 5.48 Å². The Morgan fingerprint density at radius 1 is 0.778 bits per heavy atom. The molecule has 4 rings (SSSR count). The second-order valence-electron chi connectivity index (χ2n) is 8.73. The normalized spacial score (nSPS) is 13.7. The number of rotatable bonds is 8. The fraction of sp³-hybridized carbons (Fsp3) is 0.200. The topological polar surface area (TPSA) is 89.5 Å². The molecule has 1 aliphatic carbocycles. The van der Waals surface area contributed by atoms with Crippen LogP contribution in [0.25, 0.3) is 0 Å². The number of hydroxylamine groups is 1. The smallest absolute Gasteiger partial charge is 0.335 e. The number of allylic oxidation sites excluding steroid dienone is 2. The summed E-state index contributed by atoms with van der Waals surface area (Å²) in [5.41, 5.74) is 5.36. The van der Waals surface area contributed by atoms with Crippen LogP contribution in [0.3, 0.4) is 0 Å². The van der Waals surface area contributed by atoms with Gasteiger partial charge < -0.3 is 4.84 Å². The molecule has 1 aliphatic rings. The number of hydrogen-bond donors (Lipinski definition) is 1. The molecular weight excluding hydrogens is 454 g/mol. The van der Waals surface area contributed by atoms with Gasteiger partial charge >= 0.3 is 5.97 Å². The lowest BCUT2D eigenvalue weighted by Gasteiger charge is -2.26. The predicted molar refractivity (Wildman–Crippen MR) is 135 cm³/mol. The standard InChI is InChI=1S/C30H27NO5/c1-20-27(29(34)25-18-9-8-17-24(25)28(20)33)23(21-12-4-2-5-13-21)16-10-11-19-26(32)31-36-30(35)22-14-6-3-7-15-22/h2-9,12-15,17-18,23H,10-11,16,19H2,1H3,(H,31,32). The van der Waals surface area contributed by atoms with Crippen LogP contribution in [-0.4, -0.2) is 23.4 Å². The summed E-state index contributed by atoms with van der Waals surface area (Å²) in [5, 5.41) is 0. The zero-order chi connectivity index (χ0) is 25.5. The molecule has 1 atom stereocenters. The maximum absolute atomic E-state index is 13.5. The molecule has 0 radical (unpaired) electrons. The van der Waals surface area contributed by atoms with Crippen LogP contribution < -0.4 is 5.48 Å². The predicted octanol–water partition coefficient (Wildman–Crippen LogP) is 5.61. The molecule has 0 aliphatic heterocycles. The number of benzene rings is 3. The fourth-order valence-electron chi connectivity index (χ4n) is 4.52. The van der Waals surface area contributed by atoms with Gasteiger partial charge in [0.15, 0.2) is 11.6 Å². The molecule has 0 bridgehead atoms. The van der Waals surface area contributed by atoms with Gasteiger partial charge in [0.25, 0.3) is 5.91 Å². The zero-order valence-electron chi connectivity index (χ0n) is 20.0. The zero-order valence-corrected chi connectivity index (χ0v) is 20.0. The van der Waals surface area contributed by atoms with Crippen LogP contribution in [0.15, 0.2) is 96.1 Å². The Morgan fingerprint density at radius 3 is 2.03 bits per heavy atom. The van der Waals surface area contributed by atoms with Crippen molar-refractivity contribution in [2.24, 2.45) is 0 Å². The number of hydrogen-bond acceptors (Lipinski definition) is 5. The van der Waals surface area contributed by atoms with Crippen molar-refractivity contribution < 1.29 is 24.0 Å². The lowest BCUT2D eigenvalue weighted by Crippen LogP contribution is -2.27. The maximum atomic E-state index is 13.5. The van der Waals surface area contributed by atoms with E-state index in [4.69, 9.17) is 4.84 Å². The lowest BCUT2D eigenvalue weighted by molar-refractivity contribution is -0.130. The number of unbranched alkanes of at least 4 members (excludes halogenated alkanes) is 1. The van der Waals surface area contributed by atoms with Gasteiger partial charge in [-0.3, -0.25) is 14.4 Å². The van der Waals surface area contributed by atoms with E-state index >= 15 is 0 Å². The summed E-state index contributed by atoms with van der Waals surface area (Å²) >= 11 is 0. The third-order valence-electron chi connectivity index (χ3n) is 6.37. The van der Waals surface area contributed by atoms with Crippen molar-refractivity contribution >= 4 is 23.4 Å². The Hall–Kier alpha value is -4.32. The van der Waals surface area contributed by atoms with Crippen molar-refractivity contribution in [1.29, 1.82) is 0 Å². The second kappa shape index (κ2) is 11.4. The van der Waals surface area contributed by atoms with Gasteiger partial charge in [0, 0.05) is 34.6 Å². The Morgan fingerprint density at radius 2 is 1.36 bits per heavy atom. The van der Waals surface area contributed by atoms with E-state index in [0.717, 1.165) is 5.56 Å². The molecule has 0 saturated heterocycles. The molecule has 0 spiro atoms. The summed E-state index contributed by atoms with van der Waals surface area (Å²) in [6, 6.07) is 25.0. The second-order valence-corrected chi connectivity index (χ2v) is 8.73. The van der Waals surface area contributed by atoms with Crippen molar-refractivity contribution in [3.63, 3.8) is 0 Å². The highest BCUT2D eigenvalue weighted by Crippen LogP contribution is 2.38. The van der Waals surface area contributed by atoms with Crippen LogP contribution in [-0.2, 0) is 9.63 Å². The molecule has 0 saturated carbocycles. The monoisotopic (exact) mass is 481 g/mol. The summed E-state index contributed by atoms with van der Waals surface area (Å²) in [4.78, 5) is 55.6. The molecule has 0 heterocycles. The lowest BCUT2D eigenvalue weighted by atomic mass is 9.75. The van der Waals surface area contributed by atoms with Gasteiger partial charge in [0.1, 0.15) is 0 Å². The first kappa shape index (κ1) is 24.8. The molecular formula is C30H27NO5. The molecule has 36 heavy (non-hydrogen) atoms. The fourth-order valence-corrected chi connectivity index (χ4v) is 4.52. The summed E-state index contributed by atoms with van der Waals surface area (Å²) in [7, 11) is 0. The van der Waals surface area contributed by atoms with E-state index in [9.17, 15) is 19.2 Å². The number of carbonyl (C=O) groups is 4. The van der Waals surface area contributed by atoms with E-state index < -0.39 is 11.9 Å². The van der Waals surface area contributed by atoms with Gasteiger partial charge in [-0.05, 0) is 37.5 Å². The molecule has 0 fully saturated rings. The highest BCUT2D eigenvalue weighted by atomic mass is 16.7. The van der Waals surface area contributed by atoms with E-state index in [0.29, 0.717) is 47.1 Å². The number of fused-ring (bicyclic) bond motifs is 1. The Kier molecular flexibility index (Phi) is 7.85. The molecule has 1 unspecified atom stereocenters.